The van der Waals surface area contributed by atoms with Crippen LogP contribution in [0.25, 0.3) is 0 Å². The molecule has 0 aliphatic heterocycles. The zero-order valence-corrected chi connectivity index (χ0v) is 18.9. The molecular weight excluding hydrogens is 495 g/mol. The number of nitrogens with zero attached hydrogens (tertiary/aromatic N) is 1. The van der Waals surface area contributed by atoms with Crippen LogP contribution in [0.2, 0.25) is 0 Å². The summed E-state index contributed by atoms with van der Waals surface area (Å²) in [6.45, 7) is 0.373. The lowest BCUT2D eigenvalue weighted by atomic mass is 10.2. The van der Waals surface area contributed by atoms with Crippen molar-refractivity contribution >= 4 is 29.9 Å². The second kappa shape index (κ2) is 13.0. The normalized spacial score (nSPS) is 10.9. The molecule has 2 aromatic rings. The molecule has 29 heavy (non-hydrogen) atoms. The summed E-state index contributed by atoms with van der Waals surface area (Å²) in [4.78, 5) is 4.53. The predicted molar refractivity (Wildman–Crippen MR) is 120 cm³/mol. The molecule has 0 unspecified atom stereocenters. The number of benzene rings is 2. The largest absolute Gasteiger partial charge is 0.497 e. The third-order valence-corrected chi connectivity index (χ3v) is 3.83. The van der Waals surface area contributed by atoms with Crippen molar-refractivity contribution in [1.29, 1.82) is 0 Å². The van der Waals surface area contributed by atoms with Crippen LogP contribution in [0, 0.1) is 0 Å². The molecule has 2 aromatic carbocycles. The van der Waals surface area contributed by atoms with Crippen LogP contribution in [0.5, 0.6) is 17.2 Å². The van der Waals surface area contributed by atoms with Gasteiger partial charge in [-0.1, -0.05) is 12.1 Å². The number of ether oxygens (including phenoxy) is 3. The Morgan fingerprint density at radius 1 is 1.03 bits per heavy atom. The smallest absolute Gasteiger partial charge is 0.387 e. The highest BCUT2D eigenvalue weighted by Crippen LogP contribution is 2.25. The Kier molecular flexibility index (Phi) is 11.1. The van der Waals surface area contributed by atoms with Crippen LogP contribution in [0.4, 0.5) is 8.78 Å². The summed E-state index contributed by atoms with van der Waals surface area (Å²) >= 11 is 0. The van der Waals surface area contributed by atoms with Crippen molar-refractivity contribution in [3.05, 3.63) is 53.6 Å². The van der Waals surface area contributed by atoms with E-state index in [2.05, 4.69) is 20.4 Å². The molecule has 160 valence electrons. The predicted octanol–water partition coefficient (Wildman–Crippen LogP) is 4.18. The molecule has 0 aliphatic carbocycles. The Hall–Kier alpha value is -2.30. The van der Waals surface area contributed by atoms with Gasteiger partial charge in [-0.15, -0.1) is 24.0 Å². The fourth-order valence-electron chi connectivity index (χ4n) is 2.49. The van der Waals surface area contributed by atoms with Gasteiger partial charge < -0.3 is 24.8 Å². The molecule has 6 nitrogen and oxygen atoms in total. The van der Waals surface area contributed by atoms with Gasteiger partial charge in [0.15, 0.2) is 5.96 Å². The van der Waals surface area contributed by atoms with Crippen LogP contribution in [0.3, 0.4) is 0 Å². The minimum absolute atomic E-state index is 0. The van der Waals surface area contributed by atoms with Crippen LogP contribution >= 0.6 is 24.0 Å². The zero-order valence-electron chi connectivity index (χ0n) is 16.6. The first-order valence-electron chi connectivity index (χ1n) is 8.82. The molecule has 0 bridgehead atoms. The number of methoxy groups -OCH3 is 2. The number of hydrogen-bond donors (Lipinski definition) is 2. The standard InChI is InChI=1S/C20H25F2N3O3.HI/c1-4-23-20(24-12-14-6-5-7-16(10-14)26-2)25-13-15-11-17(27-3)8-9-18(15)28-19(21)22;/h5-11,19H,4,12-13H2,1-3H3,(H2,23,24,25);1H. The van der Waals surface area contributed by atoms with Gasteiger partial charge in [0, 0.05) is 18.7 Å². The van der Waals surface area contributed by atoms with E-state index in [1.807, 2.05) is 31.2 Å². The summed E-state index contributed by atoms with van der Waals surface area (Å²) in [5.41, 5.74) is 1.52. The van der Waals surface area contributed by atoms with Crippen molar-refractivity contribution < 1.29 is 23.0 Å². The highest BCUT2D eigenvalue weighted by molar-refractivity contribution is 14.0. The summed E-state index contributed by atoms with van der Waals surface area (Å²) < 4.78 is 40.3. The summed E-state index contributed by atoms with van der Waals surface area (Å²) in [6, 6.07) is 12.3. The molecular formula is C20H26F2IN3O3. The summed E-state index contributed by atoms with van der Waals surface area (Å²) in [5.74, 6) is 1.95. The molecule has 0 aliphatic rings. The van der Waals surface area contributed by atoms with E-state index in [1.165, 1.54) is 13.2 Å². The maximum absolute atomic E-state index is 12.7. The molecule has 0 amide bonds. The fourth-order valence-corrected chi connectivity index (χ4v) is 2.49. The Morgan fingerprint density at radius 3 is 2.41 bits per heavy atom. The maximum atomic E-state index is 12.7. The number of nitrogens with one attached hydrogen (secondary N) is 2. The van der Waals surface area contributed by atoms with Crippen LogP contribution in [-0.2, 0) is 13.1 Å². The quantitative estimate of drug-likeness (QED) is 0.295. The molecule has 9 heteroatoms. The molecule has 0 spiro atoms. The van der Waals surface area contributed by atoms with Gasteiger partial charge in [-0.2, -0.15) is 8.78 Å². The molecule has 0 radical (unpaired) electrons. The van der Waals surface area contributed by atoms with Gasteiger partial charge >= 0.3 is 6.61 Å². The highest BCUT2D eigenvalue weighted by Gasteiger charge is 2.11. The topological polar surface area (TPSA) is 64.1 Å². The van der Waals surface area contributed by atoms with Crippen molar-refractivity contribution in [2.75, 3.05) is 20.8 Å². The molecule has 2 N–H and O–H groups in total. The average molecular weight is 521 g/mol. The van der Waals surface area contributed by atoms with Gasteiger partial charge in [0.2, 0.25) is 0 Å². The lowest BCUT2D eigenvalue weighted by molar-refractivity contribution is -0.0504. The van der Waals surface area contributed by atoms with Gasteiger partial charge in [0.05, 0.1) is 20.8 Å². The Bertz CT molecular complexity index is 791. The van der Waals surface area contributed by atoms with E-state index in [1.54, 1.807) is 19.2 Å². The number of alkyl halides is 2. The highest BCUT2D eigenvalue weighted by atomic mass is 127. The minimum Gasteiger partial charge on any atom is -0.497 e. The third kappa shape index (κ3) is 8.30. The van der Waals surface area contributed by atoms with E-state index in [-0.39, 0.29) is 36.3 Å². The molecule has 0 atom stereocenters. The van der Waals surface area contributed by atoms with Gasteiger partial charge in [0.1, 0.15) is 17.2 Å². The van der Waals surface area contributed by atoms with Crippen molar-refractivity contribution in [3.8, 4) is 17.2 Å². The zero-order chi connectivity index (χ0) is 20.4. The van der Waals surface area contributed by atoms with Crippen molar-refractivity contribution in [1.82, 2.24) is 10.6 Å². The summed E-state index contributed by atoms with van der Waals surface area (Å²) in [7, 11) is 3.13. The fraction of sp³-hybridized carbons (Fsp3) is 0.350. The lowest BCUT2D eigenvalue weighted by Gasteiger charge is -2.15. The lowest BCUT2D eigenvalue weighted by Crippen LogP contribution is -2.36. The van der Waals surface area contributed by atoms with E-state index in [0.717, 1.165) is 11.3 Å². The van der Waals surface area contributed by atoms with E-state index in [4.69, 9.17) is 9.47 Å². The second-order valence-corrected chi connectivity index (χ2v) is 5.75. The van der Waals surface area contributed by atoms with Gasteiger partial charge in [-0.3, -0.25) is 0 Å². The number of halogens is 3. The first-order valence-corrected chi connectivity index (χ1v) is 8.82. The second-order valence-electron chi connectivity index (χ2n) is 5.75. The van der Waals surface area contributed by atoms with E-state index >= 15 is 0 Å². The number of guanidine groups is 1. The van der Waals surface area contributed by atoms with Crippen LogP contribution in [0.1, 0.15) is 18.1 Å². The van der Waals surface area contributed by atoms with E-state index in [9.17, 15) is 8.78 Å². The van der Waals surface area contributed by atoms with Crippen molar-refractivity contribution in [2.24, 2.45) is 4.99 Å². The number of hydrogen-bond acceptors (Lipinski definition) is 4. The minimum atomic E-state index is -2.90. The number of aliphatic imine (C=N–C) groups is 1. The van der Waals surface area contributed by atoms with Gasteiger partial charge in [-0.25, -0.2) is 4.99 Å². The van der Waals surface area contributed by atoms with Crippen LogP contribution in [-0.4, -0.2) is 33.3 Å². The third-order valence-electron chi connectivity index (χ3n) is 3.83. The molecule has 0 saturated heterocycles. The monoisotopic (exact) mass is 521 g/mol. The SMILES string of the molecule is CCNC(=NCc1cccc(OC)c1)NCc1cc(OC)ccc1OC(F)F.I. The number of rotatable bonds is 9. The molecule has 0 saturated carbocycles. The molecule has 0 fully saturated rings. The first kappa shape index (κ1) is 24.7. The average Bonchev–Trinajstić information content (AvgIpc) is 2.70. The molecule has 0 heterocycles. The summed E-state index contributed by atoms with van der Waals surface area (Å²) in [5, 5.41) is 6.26. The van der Waals surface area contributed by atoms with Crippen LogP contribution < -0.4 is 24.8 Å². The molecule has 0 aromatic heterocycles. The molecule has 2 rings (SSSR count). The van der Waals surface area contributed by atoms with Crippen molar-refractivity contribution in [2.45, 2.75) is 26.6 Å². The van der Waals surface area contributed by atoms with Gasteiger partial charge in [-0.05, 0) is 42.8 Å². The van der Waals surface area contributed by atoms with E-state index in [0.29, 0.717) is 30.4 Å². The maximum Gasteiger partial charge on any atom is 0.387 e. The van der Waals surface area contributed by atoms with Crippen LogP contribution in [0.15, 0.2) is 47.5 Å². The summed E-state index contributed by atoms with van der Waals surface area (Å²) in [6.07, 6.45) is 0. The van der Waals surface area contributed by atoms with E-state index < -0.39 is 6.61 Å². The Balaban J connectivity index is 0.00000420. The Morgan fingerprint density at radius 2 is 1.76 bits per heavy atom. The first-order chi connectivity index (χ1) is 13.5. The van der Waals surface area contributed by atoms with Gasteiger partial charge in [0.25, 0.3) is 0 Å². The van der Waals surface area contributed by atoms with Crippen molar-refractivity contribution in [3.63, 3.8) is 0 Å². The Labute approximate surface area is 186 Å².